The molecule has 36 heavy (non-hydrogen) atoms. The summed E-state index contributed by atoms with van der Waals surface area (Å²) in [5, 5.41) is 9.09. The zero-order valence-electron chi connectivity index (χ0n) is 18.8. The van der Waals surface area contributed by atoms with E-state index in [4.69, 9.17) is 16.7 Å². The summed E-state index contributed by atoms with van der Waals surface area (Å²) in [5.41, 5.74) is 3.95. The van der Waals surface area contributed by atoms with Gasteiger partial charge < -0.3 is 5.32 Å². The summed E-state index contributed by atoms with van der Waals surface area (Å²) in [6.07, 6.45) is 5.34. The molecule has 0 saturated carbocycles. The molecule has 1 N–H and O–H groups in total. The lowest BCUT2D eigenvalue weighted by Crippen LogP contribution is -2.23. The van der Waals surface area contributed by atoms with Crippen LogP contribution in [-0.4, -0.2) is 30.1 Å². The number of imidazole rings is 1. The summed E-state index contributed by atoms with van der Waals surface area (Å²) < 4.78 is 17.1. The lowest BCUT2D eigenvalue weighted by molar-refractivity contribution is 0.0950. The summed E-state index contributed by atoms with van der Waals surface area (Å²) in [6.45, 7) is 0.252. The highest BCUT2D eigenvalue weighted by Crippen LogP contribution is 2.34. The Labute approximate surface area is 209 Å². The molecule has 3 heterocycles. The maximum Gasteiger partial charge on any atom is 0.251 e. The molecule has 0 radical (unpaired) electrons. The molecule has 7 nitrogen and oxygen atoms in total. The fraction of sp³-hybridized carbons (Fsp3) is 0.0370. The van der Waals surface area contributed by atoms with Crippen molar-refractivity contribution in [2.24, 2.45) is 0 Å². The number of carbonyl (C=O) groups is 1. The second-order valence-electron chi connectivity index (χ2n) is 8.19. The number of nitrogens with zero attached hydrogens (tertiary/aromatic N) is 5. The van der Waals surface area contributed by atoms with Crippen LogP contribution in [-0.2, 0) is 6.54 Å². The van der Waals surface area contributed by atoms with Crippen LogP contribution in [0.3, 0.4) is 0 Å². The van der Waals surface area contributed by atoms with Gasteiger partial charge in [-0.1, -0.05) is 29.8 Å². The van der Waals surface area contributed by atoms with Gasteiger partial charge in [-0.3, -0.25) is 9.20 Å². The molecule has 0 aliphatic carbocycles. The van der Waals surface area contributed by atoms with Crippen molar-refractivity contribution in [2.75, 3.05) is 0 Å². The average molecular weight is 497 g/mol. The zero-order chi connectivity index (χ0) is 24.6. The van der Waals surface area contributed by atoms with Gasteiger partial charge in [-0.2, -0.15) is 5.10 Å². The molecule has 3 aromatic heterocycles. The van der Waals surface area contributed by atoms with E-state index in [0.29, 0.717) is 39.0 Å². The van der Waals surface area contributed by atoms with Crippen molar-refractivity contribution >= 4 is 34.2 Å². The Morgan fingerprint density at radius 2 is 1.86 bits per heavy atom. The van der Waals surface area contributed by atoms with Crippen LogP contribution in [0.2, 0.25) is 5.02 Å². The van der Waals surface area contributed by atoms with Crippen molar-refractivity contribution in [1.82, 2.24) is 29.5 Å². The number of hydrogen-bond donors (Lipinski definition) is 1. The molecule has 176 valence electrons. The summed E-state index contributed by atoms with van der Waals surface area (Å²) in [5.74, 6) is -0.0321. The smallest absolute Gasteiger partial charge is 0.251 e. The molecule has 0 fully saturated rings. The highest BCUT2D eigenvalue weighted by Gasteiger charge is 2.18. The fourth-order valence-electron chi connectivity index (χ4n) is 4.12. The number of fused-ring (bicyclic) bond motifs is 2. The Morgan fingerprint density at radius 1 is 1.03 bits per heavy atom. The lowest BCUT2D eigenvalue weighted by Gasteiger charge is -2.06. The maximum atomic E-state index is 13.6. The first-order chi connectivity index (χ1) is 17.6. The molecule has 0 unspecified atom stereocenters. The van der Waals surface area contributed by atoms with Crippen LogP contribution >= 0.6 is 11.6 Å². The van der Waals surface area contributed by atoms with E-state index >= 15 is 0 Å². The van der Waals surface area contributed by atoms with Gasteiger partial charge in [0.25, 0.3) is 5.91 Å². The number of amides is 1. The summed E-state index contributed by atoms with van der Waals surface area (Å²) in [7, 11) is 0. The average Bonchev–Trinajstić information content (AvgIpc) is 3.49. The van der Waals surface area contributed by atoms with Crippen LogP contribution in [0.5, 0.6) is 0 Å². The molecular weight excluding hydrogens is 479 g/mol. The van der Waals surface area contributed by atoms with E-state index in [9.17, 15) is 9.18 Å². The predicted octanol–water partition coefficient (Wildman–Crippen LogP) is 5.46. The Kier molecular flexibility index (Phi) is 5.42. The molecule has 9 heteroatoms. The highest BCUT2D eigenvalue weighted by atomic mass is 35.5. The Balaban J connectivity index is 1.38. The van der Waals surface area contributed by atoms with E-state index in [0.717, 1.165) is 10.9 Å². The molecule has 6 rings (SSSR count). The molecule has 0 atom stereocenters. The molecular formula is C27H18ClFN6O. The van der Waals surface area contributed by atoms with Gasteiger partial charge in [-0.25, -0.2) is 19.0 Å². The van der Waals surface area contributed by atoms with Gasteiger partial charge in [0.15, 0.2) is 0 Å². The third kappa shape index (κ3) is 3.97. The van der Waals surface area contributed by atoms with E-state index < -0.39 is 0 Å². The molecule has 6 aromatic rings. The summed E-state index contributed by atoms with van der Waals surface area (Å²) >= 11 is 6.47. The lowest BCUT2D eigenvalue weighted by atomic mass is 10.1. The van der Waals surface area contributed by atoms with Gasteiger partial charge in [0, 0.05) is 35.1 Å². The number of benzene rings is 3. The standard InChI is InChI=1S/C27H18ClFN6O/c28-23-5-2-1-4-21(23)25-22-11-6-17(14-24(22)35(33-25)20-9-7-18(29)8-10-20)26(36)31-15-19-16-34-13-3-12-30-27(34)32-19/h1-14,16H,15H2,(H,31,36). The molecule has 0 spiro atoms. The van der Waals surface area contributed by atoms with Crippen LogP contribution in [0.15, 0.2) is 91.4 Å². The third-order valence-electron chi connectivity index (χ3n) is 5.86. The normalized spacial score (nSPS) is 11.3. The van der Waals surface area contributed by atoms with E-state index in [-0.39, 0.29) is 18.3 Å². The largest absolute Gasteiger partial charge is 0.346 e. The first-order valence-corrected chi connectivity index (χ1v) is 11.5. The van der Waals surface area contributed by atoms with Crippen molar-refractivity contribution < 1.29 is 9.18 Å². The highest BCUT2D eigenvalue weighted by molar-refractivity contribution is 6.33. The zero-order valence-corrected chi connectivity index (χ0v) is 19.5. The first kappa shape index (κ1) is 21.9. The summed E-state index contributed by atoms with van der Waals surface area (Å²) in [4.78, 5) is 21.6. The minimum Gasteiger partial charge on any atom is -0.346 e. The summed E-state index contributed by atoms with van der Waals surface area (Å²) in [6, 6.07) is 20.7. The first-order valence-electron chi connectivity index (χ1n) is 11.2. The van der Waals surface area contributed by atoms with Gasteiger partial charge in [0.1, 0.15) is 11.5 Å². The van der Waals surface area contributed by atoms with E-state index in [1.54, 1.807) is 45.6 Å². The van der Waals surface area contributed by atoms with Gasteiger partial charge in [-0.05, 0) is 54.6 Å². The number of rotatable bonds is 5. The number of aromatic nitrogens is 5. The number of hydrogen-bond acceptors (Lipinski definition) is 4. The van der Waals surface area contributed by atoms with E-state index in [2.05, 4.69) is 15.3 Å². The number of nitrogens with one attached hydrogen (secondary N) is 1. The second-order valence-corrected chi connectivity index (χ2v) is 8.60. The topological polar surface area (TPSA) is 77.1 Å². The second kappa shape index (κ2) is 8.90. The number of carbonyl (C=O) groups excluding carboxylic acids is 1. The van der Waals surface area contributed by atoms with Crippen molar-refractivity contribution in [2.45, 2.75) is 6.54 Å². The van der Waals surface area contributed by atoms with Crippen LogP contribution in [0.4, 0.5) is 4.39 Å². The van der Waals surface area contributed by atoms with Crippen LogP contribution in [0, 0.1) is 5.82 Å². The quantitative estimate of drug-likeness (QED) is 0.344. The van der Waals surface area contributed by atoms with Crippen LogP contribution < -0.4 is 5.32 Å². The Morgan fingerprint density at radius 3 is 2.67 bits per heavy atom. The molecule has 0 bridgehead atoms. The maximum absolute atomic E-state index is 13.6. The molecule has 3 aromatic carbocycles. The minimum atomic E-state index is -0.344. The molecule has 0 aliphatic rings. The van der Waals surface area contributed by atoms with Crippen molar-refractivity contribution in [3.8, 4) is 16.9 Å². The van der Waals surface area contributed by atoms with Gasteiger partial charge in [-0.15, -0.1) is 0 Å². The SMILES string of the molecule is O=C(NCc1cn2cccnc2n1)c1ccc2c(-c3ccccc3Cl)nn(-c3ccc(F)cc3)c2c1. The van der Waals surface area contributed by atoms with Crippen molar-refractivity contribution in [3.63, 3.8) is 0 Å². The van der Waals surface area contributed by atoms with E-state index in [1.165, 1.54) is 12.1 Å². The minimum absolute atomic E-state index is 0.252. The van der Waals surface area contributed by atoms with Crippen LogP contribution in [0.1, 0.15) is 16.1 Å². The van der Waals surface area contributed by atoms with Gasteiger partial charge >= 0.3 is 0 Å². The van der Waals surface area contributed by atoms with Crippen molar-refractivity contribution in [1.29, 1.82) is 0 Å². The predicted molar refractivity (Wildman–Crippen MR) is 136 cm³/mol. The van der Waals surface area contributed by atoms with Gasteiger partial charge in [0.05, 0.1) is 28.5 Å². The third-order valence-corrected chi connectivity index (χ3v) is 6.19. The monoisotopic (exact) mass is 496 g/mol. The van der Waals surface area contributed by atoms with Gasteiger partial charge in [0.2, 0.25) is 5.78 Å². The molecule has 1 amide bonds. The Bertz CT molecular complexity index is 1710. The van der Waals surface area contributed by atoms with Crippen molar-refractivity contribution in [3.05, 3.63) is 113 Å². The number of halogens is 2. The fourth-order valence-corrected chi connectivity index (χ4v) is 4.35. The molecule has 0 saturated heterocycles. The van der Waals surface area contributed by atoms with E-state index in [1.807, 2.05) is 42.7 Å². The van der Waals surface area contributed by atoms with Crippen LogP contribution in [0.25, 0.3) is 33.6 Å². The molecule has 0 aliphatic heterocycles. The Hall–Kier alpha value is -4.56.